The van der Waals surface area contributed by atoms with E-state index in [0.717, 1.165) is 60.0 Å². The molecule has 4 rings (SSSR count). The summed E-state index contributed by atoms with van der Waals surface area (Å²) < 4.78 is 18.9. The Morgan fingerprint density at radius 1 is 1.15 bits per heavy atom. The second kappa shape index (κ2) is 7.48. The molecular weight excluding hydrogens is 343 g/mol. The van der Waals surface area contributed by atoms with Gasteiger partial charge >= 0.3 is 0 Å². The average Bonchev–Trinajstić information content (AvgIpc) is 3.11. The standard InChI is InChI=1S/C21H23FN4O/c1-3-27-18-10-11-26(13-18)21-19-9-8-17(12-20(19)23-14(2)24-21)25-16-6-4-15(22)5-7-16/h4-9,12,18,25H,3,10-11,13H2,1-2H3. The number of hydrogen-bond acceptors (Lipinski definition) is 5. The number of hydrogen-bond donors (Lipinski definition) is 1. The van der Waals surface area contributed by atoms with Gasteiger partial charge in [0.25, 0.3) is 0 Å². The number of ether oxygens (including phenoxy) is 1. The molecule has 1 aliphatic heterocycles. The number of halogens is 1. The lowest BCUT2D eigenvalue weighted by Crippen LogP contribution is -2.24. The largest absolute Gasteiger partial charge is 0.377 e. The van der Waals surface area contributed by atoms with Gasteiger partial charge in [-0.2, -0.15) is 0 Å². The summed E-state index contributed by atoms with van der Waals surface area (Å²) in [7, 11) is 0. The maximum Gasteiger partial charge on any atom is 0.140 e. The lowest BCUT2D eigenvalue weighted by Gasteiger charge is -2.20. The van der Waals surface area contributed by atoms with Gasteiger partial charge in [0.2, 0.25) is 0 Å². The molecule has 1 aliphatic rings. The van der Waals surface area contributed by atoms with Crippen molar-refractivity contribution in [1.29, 1.82) is 0 Å². The van der Waals surface area contributed by atoms with E-state index in [9.17, 15) is 4.39 Å². The molecule has 3 aromatic rings. The molecule has 1 fully saturated rings. The fourth-order valence-electron chi connectivity index (χ4n) is 3.54. The van der Waals surface area contributed by atoms with Crippen LogP contribution in [-0.2, 0) is 4.74 Å². The highest BCUT2D eigenvalue weighted by molar-refractivity contribution is 5.92. The Kier molecular flexibility index (Phi) is 4.90. The van der Waals surface area contributed by atoms with E-state index < -0.39 is 0 Å². The predicted octanol–water partition coefficient (Wildman–Crippen LogP) is 4.44. The van der Waals surface area contributed by atoms with Gasteiger partial charge in [-0.05, 0) is 62.7 Å². The molecule has 2 heterocycles. The van der Waals surface area contributed by atoms with Crippen molar-refractivity contribution < 1.29 is 9.13 Å². The van der Waals surface area contributed by atoms with Crippen LogP contribution in [0.2, 0.25) is 0 Å². The first-order chi connectivity index (χ1) is 13.1. The van der Waals surface area contributed by atoms with Crippen molar-refractivity contribution in [2.24, 2.45) is 0 Å². The molecule has 0 saturated carbocycles. The van der Waals surface area contributed by atoms with Crippen LogP contribution in [0.25, 0.3) is 10.9 Å². The van der Waals surface area contributed by atoms with Crippen molar-refractivity contribution in [2.45, 2.75) is 26.4 Å². The first-order valence-electron chi connectivity index (χ1n) is 9.30. The summed E-state index contributed by atoms with van der Waals surface area (Å²) in [6, 6.07) is 12.4. The summed E-state index contributed by atoms with van der Waals surface area (Å²) in [6.07, 6.45) is 1.28. The number of nitrogens with one attached hydrogen (secondary N) is 1. The molecule has 1 N–H and O–H groups in total. The van der Waals surface area contributed by atoms with Crippen LogP contribution in [0, 0.1) is 12.7 Å². The molecule has 1 aromatic heterocycles. The molecular formula is C21H23FN4O. The quantitative estimate of drug-likeness (QED) is 0.724. The number of nitrogens with zero attached hydrogens (tertiary/aromatic N) is 3. The van der Waals surface area contributed by atoms with E-state index in [1.807, 2.05) is 32.0 Å². The minimum Gasteiger partial charge on any atom is -0.377 e. The van der Waals surface area contributed by atoms with E-state index >= 15 is 0 Å². The van der Waals surface area contributed by atoms with E-state index in [1.54, 1.807) is 12.1 Å². The van der Waals surface area contributed by atoms with Crippen LogP contribution in [-0.4, -0.2) is 35.8 Å². The lowest BCUT2D eigenvalue weighted by atomic mass is 10.2. The monoisotopic (exact) mass is 366 g/mol. The van der Waals surface area contributed by atoms with Crippen molar-refractivity contribution >= 4 is 28.1 Å². The second-order valence-corrected chi connectivity index (χ2v) is 6.77. The first-order valence-corrected chi connectivity index (χ1v) is 9.30. The Balaban J connectivity index is 1.63. The van der Waals surface area contributed by atoms with E-state index in [0.29, 0.717) is 0 Å². The summed E-state index contributed by atoms with van der Waals surface area (Å²) in [5.41, 5.74) is 2.64. The minimum atomic E-state index is -0.247. The molecule has 5 nitrogen and oxygen atoms in total. The fourth-order valence-corrected chi connectivity index (χ4v) is 3.54. The molecule has 2 aromatic carbocycles. The van der Waals surface area contributed by atoms with Crippen molar-refractivity contribution in [3.8, 4) is 0 Å². The van der Waals surface area contributed by atoms with Gasteiger partial charge in [0, 0.05) is 36.5 Å². The van der Waals surface area contributed by atoms with Crippen LogP contribution >= 0.6 is 0 Å². The van der Waals surface area contributed by atoms with Crippen LogP contribution in [0.4, 0.5) is 21.6 Å². The smallest absolute Gasteiger partial charge is 0.140 e. The Labute approximate surface area is 158 Å². The zero-order chi connectivity index (χ0) is 18.8. The van der Waals surface area contributed by atoms with Crippen molar-refractivity contribution in [3.63, 3.8) is 0 Å². The van der Waals surface area contributed by atoms with Crippen LogP contribution in [0.15, 0.2) is 42.5 Å². The van der Waals surface area contributed by atoms with Gasteiger partial charge in [0.1, 0.15) is 17.5 Å². The molecule has 0 spiro atoms. The summed E-state index contributed by atoms with van der Waals surface area (Å²) in [5, 5.41) is 4.32. The van der Waals surface area contributed by atoms with Crippen LogP contribution in [0.3, 0.4) is 0 Å². The van der Waals surface area contributed by atoms with Gasteiger partial charge in [0.15, 0.2) is 0 Å². The Hall–Kier alpha value is -2.73. The minimum absolute atomic E-state index is 0.247. The summed E-state index contributed by atoms with van der Waals surface area (Å²) in [5.74, 6) is 1.47. The van der Waals surface area contributed by atoms with Gasteiger partial charge in [-0.1, -0.05) is 0 Å². The number of anilines is 3. The third kappa shape index (κ3) is 3.85. The summed E-state index contributed by atoms with van der Waals surface area (Å²) >= 11 is 0. The zero-order valence-electron chi connectivity index (χ0n) is 15.6. The van der Waals surface area contributed by atoms with E-state index in [4.69, 9.17) is 9.72 Å². The average molecular weight is 366 g/mol. The van der Waals surface area contributed by atoms with Gasteiger partial charge < -0.3 is 15.0 Å². The third-order valence-corrected chi connectivity index (χ3v) is 4.77. The van der Waals surface area contributed by atoms with Crippen molar-refractivity contribution in [2.75, 3.05) is 29.9 Å². The van der Waals surface area contributed by atoms with Crippen LogP contribution in [0.5, 0.6) is 0 Å². The highest BCUT2D eigenvalue weighted by Crippen LogP contribution is 2.30. The maximum absolute atomic E-state index is 13.1. The van der Waals surface area contributed by atoms with Crippen LogP contribution < -0.4 is 10.2 Å². The number of aryl methyl sites for hydroxylation is 1. The molecule has 1 atom stereocenters. The Morgan fingerprint density at radius 3 is 2.70 bits per heavy atom. The molecule has 27 heavy (non-hydrogen) atoms. The van der Waals surface area contributed by atoms with Crippen molar-refractivity contribution in [3.05, 3.63) is 54.1 Å². The number of rotatable bonds is 5. The van der Waals surface area contributed by atoms with E-state index in [-0.39, 0.29) is 11.9 Å². The molecule has 6 heteroatoms. The van der Waals surface area contributed by atoms with Crippen LogP contribution in [0.1, 0.15) is 19.2 Å². The highest BCUT2D eigenvalue weighted by Gasteiger charge is 2.25. The summed E-state index contributed by atoms with van der Waals surface area (Å²) in [6.45, 7) is 6.48. The molecule has 0 aliphatic carbocycles. The Bertz CT molecular complexity index is 945. The normalized spacial score (nSPS) is 16.9. The molecule has 140 valence electrons. The number of fused-ring (bicyclic) bond motifs is 1. The van der Waals surface area contributed by atoms with Gasteiger partial charge in [0.05, 0.1) is 11.6 Å². The fraction of sp³-hybridized carbons (Fsp3) is 0.333. The Morgan fingerprint density at radius 2 is 1.93 bits per heavy atom. The number of aromatic nitrogens is 2. The zero-order valence-corrected chi connectivity index (χ0v) is 15.6. The molecule has 0 radical (unpaired) electrons. The van der Waals surface area contributed by atoms with Gasteiger partial charge in [-0.15, -0.1) is 0 Å². The van der Waals surface area contributed by atoms with Crippen molar-refractivity contribution in [1.82, 2.24) is 9.97 Å². The highest BCUT2D eigenvalue weighted by atomic mass is 19.1. The topological polar surface area (TPSA) is 50.3 Å². The lowest BCUT2D eigenvalue weighted by molar-refractivity contribution is 0.0787. The molecule has 0 bridgehead atoms. The SMILES string of the molecule is CCOC1CCN(c2nc(C)nc3cc(Nc4ccc(F)cc4)ccc23)C1. The maximum atomic E-state index is 13.1. The molecule has 1 saturated heterocycles. The summed E-state index contributed by atoms with van der Waals surface area (Å²) in [4.78, 5) is 11.6. The molecule has 1 unspecified atom stereocenters. The predicted molar refractivity (Wildman–Crippen MR) is 106 cm³/mol. The van der Waals surface area contributed by atoms with Gasteiger partial charge in [-0.3, -0.25) is 0 Å². The second-order valence-electron chi connectivity index (χ2n) is 6.77. The molecule has 0 amide bonds. The van der Waals surface area contributed by atoms with E-state index in [2.05, 4.69) is 15.2 Å². The first kappa shape index (κ1) is 17.7. The van der Waals surface area contributed by atoms with E-state index in [1.165, 1.54) is 12.1 Å². The number of benzene rings is 2. The third-order valence-electron chi connectivity index (χ3n) is 4.77. The van der Waals surface area contributed by atoms with Gasteiger partial charge in [-0.25, -0.2) is 14.4 Å².